The summed E-state index contributed by atoms with van der Waals surface area (Å²) in [6.45, 7) is 19.1. The standard InChI is InChI=1S/C49H81NO15/c1-22-13-18-49(44(59)50-10)20-19-47(8)26(31(49)23(22)2)11-12-29-46(7)16-15-30(45(5,6)28(46)14-17-48(29,47)9)63-43-40(65-42-37(57)35(55)33(53)25(4)61-42)38(58)39(27(21-51)62-43)64-41-36(56)34(54)32(52)24(3)60-41/h11,22-25,27-43,51-58H,12-21H2,1-10H3,(H,50,59)/t22-,23+,24+,25+,27-,28+,29-,30+,31+,32+,33+,34-,35-,36-,37-,38+,39-,40-,41+,42+,43+,46+,47-,48-,49+/m1/s1. The van der Waals surface area contributed by atoms with E-state index in [1.807, 2.05) is 0 Å². The molecule has 9 N–H and O–H groups in total. The number of hydrogen-bond acceptors (Lipinski definition) is 15. The van der Waals surface area contributed by atoms with Gasteiger partial charge in [0.2, 0.25) is 5.91 Å². The Hall–Kier alpha value is -1.35. The van der Waals surface area contributed by atoms with Crippen molar-refractivity contribution in [1.82, 2.24) is 5.32 Å². The van der Waals surface area contributed by atoms with E-state index in [0.29, 0.717) is 24.2 Å². The van der Waals surface area contributed by atoms with E-state index in [9.17, 15) is 45.6 Å². The van der Waals surface area contributed by atoms with Gasteiger partial charge in [0.1, 0.15) is 61.0 Å². The number of carbonyl (C=O) groups is 1. The first-order valence-corrected chi connectivity index (χ1v) is 24.7. The van der Waals surface area contributed by atoms with Crippen LogP contribution in [0.25, 0.3) is 0 Å². The third-order valence-electron chi connectivity index (χ3n) is 19.9. The van der Waals surface area contributed by atoms with Crippen LogP contribution in [0.4, 0.5) is 0 Å². The van der Waals surface area contributed by atoms with Crippen LogP contribution in [0.3, 0.4) is 0 Å². The fraction of sp³-hybridized carbons (Fsp3) is 0.939. The molecule has 7 fully saturated rings. The molecule has 4 saturated carbocycles. The van der Waals surface area contributed by atoms with Crippen LogP contribution in [0.1, 0.15) is 120 Å². The monoisotopic (exact) mass is 924 g/mol. The first-order valence-electron chi connectivity index (χ1n) is 24.7. The van der Waals surface area contributed by atoms with Gasteiger partial charge in [0.15, 0.2) is 18.9 Å². The highest BCUT2D eigenvalue weighted by Gasteiger charge is 2.70. The minimum Gasteiger partial charge on any atom is -0.394 e. The van der Waals surface area contributed by atoms with Crippen molar-refractivity contribution in [3.8, 4) is 0 Å². The summed E-state index contributed by atoms with van der Waals surface area (Å²) in [6.07, 6.45) is -11.3. The summed E-state index contributed by atoms with van der Waals surface area (Å²) in [4.78, 5) is 13.9. The van der Waals surface area contributed by atoms with E-state index in [2.05, 4.69) is 59.9 Å². The Morgan fingerprint density at radius 1 is 0.677 bits per heavy atom. The lowest BCUT2D eigenvalue weighted by Crippen LogP contribution is -2.68. The number of aliphatic hydroxyl groups is 8. The zero-order valence-electron chi connectivity index (χ0n) is 40.2. The van der Waals surface area contributed by atoms with Crippen molar-refractivity contribution in [2.45, 2.75) is 218 Å². The number of carbonyl (C=O) groups excluding carboxylic acids is 1. The highest BCUT2D eigenvalue weighted by atomic mass is 16.8. The van der Waals surface area contributed by atoms with Gasteiger partial charge in [-0.25, -0.2) is 0 Å². The average molecular weight is 924 g/mol. The van der Waals surface area contributed by atoms with Crippen LogP contribution in [0.5, 0.6) is 0 Å². The predicted octanol–water partition coefficient (Wildman–Crippen LogP) is 2.28. The minimum atomic E-state index is -1.73. The van der Waals surface area contributed by atoms with E-state index >= 15 is 0 Å². The maximum absolute atomic E-state index is 13.9. The number of rotatable bonds is 8. The number of aliphatic hydroxyl groups excluding tert-OH is 8. The second-order valence-corrected chi connectivity index (χ2v) is 23.1. The fourth-order valence-electron chi connectivity index (χ4n) is 15.5. The quantitative estimate of drug-likeness (QED) is 0.125. The number of nitrogens with one attached hydrogen (secondary N) is 1. The molecule has 0 radical (unpaired) electrons. The van der Waals surface area contributed by atoms with Gasteiger partial charge >= 0.3 is 0 Å². The van der Waals surface area contributed by atoms with E-state index in [4.69, 9.17) is 28.4 Å². The van der Waals surface area contributed by atoms with Gasteiger partial charge < -0.3 is 74.6 Å². The summed E-state index contributed by atoms with van der Waals surface area (Å²) < 4.78 is 37.3. The van der Waals surface area contributed by atoms with Crippen LogP contribution in [-0.4, -0.2) is 159 Å². The second-order valence-electron chi connectivity index (χ2n) is 23.1. The van der Waals surface area contributed by atoms with E-state index in [0.717, 1.165) is 51.4 Å². The molecule has 1 amide bonds. The van der Waals surface area contributed by atoms with Gasteiger partial charge in [-0.15, -0.1) is 0 Å². The Balaban J connectivity index is 1.07. The zero-order valence-corrected chi connectivity index (χ0v) is 40.2. The number of ether oxygens (including phenoxy) is 6. The minimum absolute atomic E-state index is 0.00207. The molecule has 3 heterocycles. The molecule has 65 heavy (non-hydrogen) atoms. The molecule has 372 valence electrons. The molecular formula is C49H81NO15. The molecule has 0 aromatic heterocycles. The van der Waals surface area contributed by atoms with E-state index in [1.165, 1.54) is 19.4 Å². The maximum atomic E-state index is 13.9. The molecule has 0 spiro atoms. The third-order valence-corrected chi connectivity index (χ3v) is 19.9. The largest absolute Gasteiger partial charge is 0.394 e. The Morgan fingerprint density at radius 2 is 1.28 bits per heavy atom. The van der Waals surface area contributed by atoms with Gasteiger partial charge in [0.25, 0.3) is 0 Å². The van der Waals surface area contributed by atoms with Gasteiger partial charge in [-0.2, -0.15) is 0 Å². The van der Waals surface area contributed by atoms with Crippen molar-refractivity contribution in [2.75, 3.05) is 13.7 Å². The molecule has 3 aliphatic heterocycles. The molecular weight excluding hydrogens is 843 g/mol. The Labute approximate surface area is 384 Å². The molecule has 0 aromatic carbocycles. The second kappa shape index (κ2) is 17.8. The predicted molar refractivity (Wildman–Crippen MR) is 234 cm³/mol. The molecule has 0 aromatic rings. The Bertz CT molecular complexity index is 1770. The van der Waals surface area contributed by atoms with Crippen LogP contribution in [0.15, 0.2) is 11.6 Å². The number of hydrogen-bond donors (Lipinski definition) is 9. The summed E-state index contributed by atoms with van der Waals surface area (Å²) in [7, 11) is 1.79. The molecule has 8 aliphatic rings. The third kappa shape index (κ3) is 7.64. The first-order chi connectivity index (χ1) is 30.4. The Kier molecular flexibility index (Phi) is 13.7. The van der Waals surface area contributed by atoms with Gasteiger partial charge in [0, 0.05) is 7.05 Å². The van der Waals surface area contributed by atoms with Crippen LogP contribution in [-0.2, 0) is 33.2 Å². The smallest absolute Gasteiger partial charge is 0.226 e. The molecule has 0 bridgehead atoms. The summed E-state index contributed by atoms with van der Waals surface area (Å²) >= 11 is 0. The van der Waals surface area contributed by atoms with Gasteiger partial charge in [-0.05, 0) is 123 Å². The van der Waals surface area contributed by atoms with E-state index < -0.39 is 110 Å². The molecule has 8 rings (SSSR count). The number of allylic oxidation sites excluding steroid dienone is 2. The summed E-state index contributed by atoms with van der Waals surface area (Å²) in [5, 5.41) is 89.9. The normalized spacial score (nSPS) is 55.4. The summed E-state index contributed by atoms with van der Waals surface area (Å²) in [6, 6.07) is 0. The zero-order chi connectivity index (χ0) is 47.5. The lowest BCUT2D eigenvalue weighted by atomic mass is 9.33. The van der Waals surface area contributed by atoms with E-state index in [1.54, 1.807) is 7.05 Å². The van der Waals surface area contributed by atoms with Gasteiger partial charge in [0.05, 0.1) is 30.3 Å². The van der Waals surface area contributed by atoms with Crippen LogP contribution < -0.4 is 5.32 Å². The van der Waals surface area contributed by atoms with Crippen molar-refractivity contribution in [2.24, 2.45) is 56.7 Å². The van der Waals surface area contributed by atoms with E-state index in [-0.39, 0.29) is 39.4 Å². The topological polar surface area (TPSA) is 246 Å². The van der Waals surface area contributed by atoms with Crippen molar-refractivity contribution < 1.29 is 74.1 Å². The number of amides is 1. The van der Waals surface area contributed by atoms with Crippen molar-refractivity contribution >= 4 is 5.91 Å². The SMILES string of the molecule is CNC(=O)[C@]12CC[C@@H](C)[C@H](C)[C@H]1C1=CC[C@@H]3[C@@]4(C)CC[C@H](O[C@@H]5O[C@H](CO)[C@@H](O[C@@H]6O[C@@H](C)[C@H](O)[C@@H](O)[C@H]6O)[C@H](O)[C@H]5O[C@@H]5O[C@@H](C)[C@H](O)[C@@H](O)[C@H]5O)C(C)(C)[C@@H]4CC[C@@]3(C)[C@]1(C)CC2. The average Bonchev–Trinajstić information content (AvgIpc) is 3.26. The van der Waals surface area contributed by atoms with Crippen LogP contribution >= 0.6 is 0 Å². The Morgan fingerprint density at radius 3 is 1.86 bits per heavy atom. The maximum Gasteiger partial charge on any atom is 0.226 e. The molecule has 25 atom stereocenters. The van der Waals surface area contributed by atoms with Crippen molar-refractivity contribution in [3.63, 3.8) is 0 Å². The molecule has 16 heteroatoms. The lowest BCUT2D eigenvalue weighted by molar-refractivity contribution is -0.393. The molecule has 16 nitrogen and oxygen atoms in total. The van der Waals surface area contributed by atoms with Crippen LogP contribution in [0.2, 0.25) is 0 Å². The van der Waals surface area contributed by atoms with Crippen molar-refractivity contribution in [1.29, 1.82) is 0 Å². The number of fused-ring (bicyclic) bond motifs is 7. The van der Waals surface area contributed by atoms with Crippen LogP contribution in [0, 0.1) is 56.7 Å². The summed E-state index contributed by atoms with van der Waals surface area (Å²) in [5.74, 6) is 1.94. The fourth-order valence-corrected chi connectivity index (χ4v) is 15.5. The lowest BCUT2D eigenvalue weighted by Gasteiger charge is -2.71. The summed E-state index contributed by atoms with van der Waals surface area (Å²) in [5.41, 5.74) is 0.571. The first kappa shape index (κ1) is 50.1. The van der Waals surface area contributed by atoms with Gasteiger partial charge in [-0.3, -0.25) is 4.79 Å². The molecule has 0 unspecified atom stereocenters. The highest BCUT2D eigenvalue weighted by Crippen LogP contribution is 2.76. The highest BCUT2D eigenvalue weighted by molar-refractivity contribution is 5.84. The van der Waals surface area contributed by atoms with Gasteiger partial charge in [-0.1, -0.05) is 60.1 Å². The molecule has 5 aliphatic carbocycles. The van der Waals surface area contributed by atoms with Crippen molar-refractivity contribution in [3.05, 3.63) is 11.6 Å². The molecule has 3 saturated heterocycles.